The number of amidine groups is 1. The summed E-state index contributed by atoms with van der Waals surface area (Å²) in [5, 5.41) is 1.88. The van der Waals surface area contributed by atoms with Crippen LogP contribution in [0.25, 0.3) is 17.0 Å². The van der Waals surface area contributed by atoms with Crippen molar-refractivity contribution in [3.8, 4) is 0 Å². The molecule has 1 saturated heterocycles. The van der Waals surface area contributed by atoms with Crippen LogP contribution in [0.1, 0.15) is 16.7 Å². The quantitative estimate of drug-likeness (QED) is 0.631. The third-order valence-corrected chi connectivity index (χ3v) is 5.93. The molecular weight excluding hydrogens is 354 g/mol. The number of nitrogens with zero attached hydrogens (tertiary/aromatic N) is 3. The Hall–Kier alpha value is -2.79. The van der Waals surface area contributed by atoms with Gasteiger partial charge in [0.25, 0.3) is 5.91 Å². The second-order valence-electron chi connectivity index (χ2n) is 6.70. The van der Waals surface area contributed by atoms with Crippen LogP contribution in [-0.4, -0.2) is 34.6 Å². The van der Waals surface area contributed by atoms with E-state index < -0.39 is 0 Å². The highest BCUT2D eigenvalue weighted by molar-refractivity contribution is 8.18. The van der Waals surface area contributed by atoms with Gasteiger partial charge in [-0.1, -0.05) is 48.0 Å². The molecule has 3 aromatic rings. The van der Waals surface area contributed by atoms with E-state index in [-0.39, 0.29) is 5.91 Å². The summed E-state index contributed by atoms with van der Waals surface area (Å²) in [6.45, 7) is 2.90. The van der Waals surface area contributed by atoms with E-state index in [0.717, 1.165) is 28.2 Å². The number of hydrogen-bond acceptors (Lipinski definition) is 3. The van der Waals surface area contributed by atoms with Crippen LogP contribution in [0, 0.1) is 6.92 Å². The van der Waals surface area contributed by atoms with Crippen molar-refractivity contribution in [3.63, 3.8) is 0 Å². The van der Waals surface area contributed by atoms with Gasteiger partial charge in [0, 0.05) is 43.3 Å². The number of likely N-dealkylation sites (N-methyl/N-ethyl adjacent to an activating group) is 1. The van der Waals surface area contributed by atoms with Crippen molar-refractivity contribution >= 4 is 39.8 Å². The molecule has 0 spiro atoms. The van der Waals surface area contributed by atoms with Crippen molar-refractivity contribution < 1.29 is 4.79 Å². The fourth-order valence-electron chi connectivity index (χ4n) is 3.30. The van der Waals surface area contributed by atoms with Gasteiger partial charge >= 0.3 is 0 Å². The molecule has 1 aromatic heterocycles. The van der Waals surface area contributed by atoms with Gasteiger partial charge in [-0.2, -0.15) is 0 Å². The molecule has 0 N–H and O–H groups in total. The maximum absolute atomic E-state index is 12.5. The second kappa shape index (κ2) is 7.08. The maximum atomic E-state index is 12.5. The molecule has 0 radical (unpaired) electrons. The molecule has 5 heteroatoms. The molecule has 1 fully saturated rings. The summed E-state index contributed by atoms with van der Waals surface area (Å²) in [7, 11) is 3.47. The number of benzene rings is 2. The van der Waals surface area contributed by atoms with E-state index >= 15 is 0 Å². The van der Waals surface area contributed by atoms with Crippen LogP contribution in [-0.2, 0) is 11.3 Å². The molecule has 0 aliphatic carbocycles. The second-order valence-corrected chi connectivity index (χ2v) is 7.71. The minimum absolute atomic E-state index is 0.00374. The fourth-order valence-corrected chi connectivity index (χ4v) is 4.22. The molecule has 136 valence electrons. The van der Waals surface area contributed by atoms with Crippen LogP contribution in [0.4, 0.5) is 0 Å². The SMILES string of the molecule is CN=C1S/C(=C\c2cn(Cc3ccc(C)cc3)c3ccccc23)C(=O)N1C. The lowest BCUT2D eigenvalue weighted by Crippen LogP contribution is -2.23. The molecule has 0 atom stereocenters. The molecule has 0 unspecified atom stereocenters. The lowest BCUT2D eigenvalue weighted by molar-refractivity contribution is -0.121. The van der Waals surface area contributed by atoms with Gasteiger partial charge in [0.15, 0.2) is 5.17 Å². The van der Waals surface area contributed by atoms with E-state index in [1.807, 2.05) is 12.1 Å². The van der Waals surface area contributed by atoms with Crippen LogP contribution in [0.5, 0.6) is 0 Å². The number of amides is 1. The van der Waals surface area contributed by atoms with Gasteiger partial charge in [0.2, 0.25) is 0 Å². The largest absolute Gasteiger partial charge is 0.342 e. The predicted octanol–water partition coefficient (Wildman–Crippen LogP) is 4.53. The standard InChI is InChI=1S/C22H21N3OS/c1-15-8-10-16(11-9-15)13-25-14-17(18-6-4-5-7-19(18)25)12-20-21(26)24(3)22(23-2)27-20/h4-12,14H,13H2,1-3H3/b20-12-,23-22?. The summed E-state index contributed by atoms with van der Waals surface area (Å²) in [5.41, 5.74) is 4.74. The first-order valence-electron chi connectivity index (χ1n) is 8.84. The fraction of sp³-hybridized carbons (Fsp3) is 0.182. The van der Waals surface area contributed by atoms with Gasteiger partial charge in [0.1, 0.15) is 0 Å². The Labute approximate surface area is 163 Å². The minimum atomic E-state index is -0.00374. The molecule has 0 bridgehead atoms. The summed E-state index contributed by atoms with van der Waals surface area (Å²) in [5.74, 6) is -0.00374. The van der Waals surface area contributed by atoms with E-state index in [0.29, 0.717) is 4.91 Å². The normalized spacial score (nSPS) is 17.6. The van der Waals surface area contributed by atoms with Gasteiger partial charge in [-0.05, 0) is 36.4 Å². The summed E-state index contributed by atoms with van der Waals surface area (Å²) >= 11 is 1.42. The molecule has 1 aliphatic rings. The van der Waals surface area contributed by atoms with E-state index in [9.17, 15) is 4.79 Å². The summed E-state index contributed by atoms with van der Waals surface area (Å²) in [6, 6.07) is 16.9. The number of para-hydroxylation sites is 1. The lowest BCUT2D eigenvalue weighted by Gasteiger charge is -2.06. The zero-order valence-corrected chi connectivity index (χ0v) is 16.5. The van der Waals surface area contributed by atoms with Crippen molar-refractivity contribution in [1.29, 1.82) is 0 Å². The van der Waals surface area contributed by atoms with Gasteiger partial charge < -0.3 is 4.57 Å². The number of hydrogen-bond donors (Lipinski definition) is 0. The average Bonchev–Trinajstić information content (AvgIpc) is 3.16. The van der Waals surface area contributed by atoms with Gasteiger partial charge in [-0.3, -0.25) is 14.7 Å². The van der Waals surface area contributed by atoms with E-state index in [1.54, 1.807) is 19.0 Å². The smallest absolute Gasteiger partial charge is 0.266 e. The van der Waals surface area contributed by atoms with Gasteiger partial charge in [0.05, 0.1) is 4.91 Å². The number of rotatable bonds is 3. The van der Waals surface area contributed by atoms with Gasteiger partial charge in [-0.15, -0.1) is 0 Å². The van der Waals surface area contributed by atoms with E-state index in [4.69, 9.17) is 0 Å². The van der Waals surface area contributed by atoms with Crippen LogP contribution in [0.15, 0.2) is 64.6 Å². The Morgan fingerprint density at radius 1 is 1.11 bits per heavy atom. The first-order chi connectivity index (χ1) is 13.1. The van der Waals surface area contributed by atoms with E-state index in [1.165, 1.54) is 22.9 Å². The number of thioether (sulfide) groups is 1. The third-order valence-electron chi connectivity index (χ3n) is 4.77. The van der Waals surface area contributed by atoms with Crippen molar-refractivity contribution in [3.05, 3.63) is 76.3 Å². The number of aliphatic imine (C=N–C) groups is 1. The molecule has 27 heavy (non-hydrogen) atoms. The Morgan fingerprint density at radius 2 is 1.85 bits per heavy atom. The summed E-state index contributed by atoms with van der Waals surface area (Å²) in [6.07, 6.45) is 4.11. The molecule has 2 aromatic carbocycles. The monoisotopic (exact) mass is 375 g/mol. The van der Waals surface area contributed by atoms with Crippen molar-refractivity contribution in [2.24, 2.45) is 4.99 Å². The Balaban J connectivity index is 1.75. The molecule has 4 nitrogen and oxygen atoms in total. The Bertz CT molecular complexity index is 1080. The zero-order chi connectivity index (χ0) is 19.0. The summed E-state index contributed by atoms with van der Waals surface area (Å²) in [4.78, 5) is 19.0. The van der Waals surface area contributed by atoms with Crippen molar-refractivity contribution in [1.82, 2.24) is 9.47 Å². The molecular formula is C22H21N3OS. The van der Waals surface area contributed by atoms with Crippen LogP contribution < -0.4 is 0 Å². The average molecular weight is 375 g/mol. The Morgan fingerprint density at radius 3 is 2.56 bits per heavy atom. The number of aromatic nitrogens is 1. The molecule has 0 saturated carbocycles. The number of carbonyl (C=O) groups is 1. The minimum Gasteiger partial charge on any atom is -0.342 e. The maximum Gasteiger partial charge on any atom is 0.266 e. The highest BCUT2D eigenvalue weighted by Gasteiger charge is 2.30. The first-order valence-corrected chi connectivity index (χ1v) is 9.66. The van der Waals surface area contributed by atoms with Crippen molar-refractivity contribution in [2.45, 2.75) is 13.5 Å². The topological polar surface area (TPSA) is 37.6 Å². The first kappa shape index (κ1) is 17.6. The molecule has 1 amide bonds. The Kier molecular flexibility index (Phi) is 4.62. The highest BCUT2D eigenvalue weighted by Crippen LogP contribution is 2.33. The van der Waals surface area contributed by atoms with Crippen LogP contribution >= 0.6 is 11.8 Å². The van der Waals surface area contributed by atoms with Crippen LogP contribution in [0.2, 0.25) is 0 Å². The van der Waals surface area contributed by atoms with Crippen molar-refractivity contribution in [2.75, 3.05) is 14.1 Å². The summed E-state index contributed by atoms with van der Waals surface area (Å²) < 4.78 is 2.25. The molecule has 1 aliphatic heterocycles. The lowest BCUT2D eigenvalue weighted by atomic mass is 10.1. The van der Waals surface area contributed by atoms with Crippen LogP contribution in [0.3, 0.4) is 0 Å². The third kappa shape index (κ3) is 3.30. The number of carbonyl (C=O) groups excluding carboxylic acids is 1. The number of fused-ring (bicyclic) bond motifs is 1. The number of aryl methyl sites for hydroxylation is 1. The van der Waals surface area contributed by atoms with Gasteiger partial charge in [-0.25, -0.2) is 0 Å². The molecule has 4 rings (SSSR count). The zero-order valence-electron chi connectivity index (χ0n) is 15.6. The highest BCUT2D eigenvalue weighted by atomic mass is 32.2. The molecule has 2 heterocycles. The predicted molar refractivity (Wildman–Crippen MR) is 114 cm³/mol. The van der Waals surface area contributed by atoms with E-state index in [2.05, 4.69) is 65.1 Å².